The summed E-state index contributed by atoms with van der Waals surface area (Å²) in [6.45, 7) is 2.12. The van der Waals surface area contributed by atoms with Crippen molar-refractivity contribution in [1.82, 2.24) is 14.8 Å². The van der Waals surface area contributed by atoms with Crippen LogP contribution < -0.4 is 5.32 Å². The summed E-state index contributed by atoms with van der Waals surface area (Å²) >= 11 is 6.10. The third kappa shape index (κ3) is 2.87. The molecule has 3 rings (SSSR count). The van der Waals surface area contributed by atoms with Gasteiger partial charge in [0.2, 0.25) is 0 Å². The van der Waals surface area contributed by atoms with Crippen LogP contribution in [0.5, 0.6) is 0 Å². The Morgan fingerprint density at radius 3 is 2.57 bits per heavy atom. The van der Waals surface area contributed by atoms with E-state index in [1.807, 2.05) is 36.7 Å². The number of carbonyl (C=O) groups is 2. The SMILES string of the molecule is Cc1ccc(/C=C2\NC(=O)N(Cc3ccccc3Cl)C2=O)n1C. The highest BCUT2D eigenvalue weighted by Crippen LogP contribution is 2.21. The number of urea groups is 1. The molecule has 1 saturated heterocycles. The van der Waals surface area contributed by atoms with Crippen LogP contribution in [0.4, 0.5) is 4.79 Å². The maximum Gasteiger partial charge on any atom is 0.329 e. The predicted molar refractivity (Wildman–Crippen MR) is 88.7 cm³/mol. The number of aryl methyl sites for hydroxylation is 1. The first-order valence-corrected chi connectivity index (χ1v) is 7.55. The van der Waals surface area contributed by atoms with Crippen LogP contribution in [0.1, 0.15) is 17.0 Å². The molecule has 0 radical (unpaired) electrons. The van der Waals surface area contributed by atoms with Gasteiger partial charge in [0.1, 0.15) is 5.70 Å². The minimum absolute atomic E-state index is 0.147. The Bertz CT molecular complexity index is 823. The fourth-order valence-corrected chi connectivity index (χ4v) is 2.63. The Kier molecular flexibility index (Phi) is 3.96. The highest BCUT2D eigenvalue weighted by molar-refractivity contribution is 6.31. The number of nitrogens with one attached hydrogen (secondary N) is 1. The number of aromatic nitrogens is 1. The smallest absolute Gasteiger partial charge is 0.329 e. The lowest BCUT2D eigenvalue weighted by Gasteiger charge is -2.12. The Balaban J connectivity index is 1.86. The lowest BCUT2D eigenvalue weighted by molar-refractivity contribution is -0.123. The number of imide groups is 1. The number of hydrogen-bond acceptors (Lipinski definition) is 2. The van der Waals surface area contributed by atoms with Crippen molar-refractivity contribution in [3.8, 4) is 0 Å². The molecule has 0 aliphatic carbocycles. The van der Waals surface area contributed by atoms with Crippen LogP contribution in [0.3, 0.4) is 0 Å². The van der Waals surface area contributed by atoms with Gasteiger partial charge in [-0.15, -0.1) is 0 Å². The van der Waals surface area contributed by atoms with Crippen LogP contribution >= 0.6 is 11.6 Å². The first kappa shape index (κ1) is 15.4. The highest BCUT2D eigenvalue weighted by Gasteiger charge is 2.33. The number of carbonyl (C=O) groups excluding carboxylic acids is 2. The lowest BCUT2D eigenvalue weighted by Crippen LogP contribution is -2.30. The molecule has 1 aromatic heterocycles. The van der Waals surface area contributed by atoms with Gasteiger partial charge in [0, 0.05) is 23.5 Å². The van der Waals surface area contributed by atoms with Crippen LogP contribution in [0.2, 0.25) is 5.02 Å². The Hall–Kier alpha value is -2.53. The number of hydrogen-bond donors (Lipinski definition) is 1. The molecule has 1 aromatic carbocycles. The average Bonchev–Trinajstić information content (AvgIpc) is 2.97. The first-order valence-electron chi connectivity index (χ1n) is 7.17. The van der Waals surface area contributed by atoms with Crippen molar-refractivity contribution < 1.29 is 9.59 Å². The average molecular weight is 330 g/mol. The third-order valence-electron chi connectivity index (χ3n) is 3.95. The predicted octanol–water partition coefficient (Wildman–Crippen LogP) is 3.08. The van der Waals surface area contributed by atoms with Gasteiger partial charge in [-0.25, -0.2) is 4.79 Å². The Morgan fingerprint density at radius 1 is 1.17 bits per heavy atom. The molecule has 1 aliphatic heterocycles. The van der Waals surface area contributed by atoms with Crippen molar-refractivity contribution >= 4 is 29.6 Å². The fraction of sp³-hybridized carbons (Fsp3) is 0.176. The molecule has 0 atom stereocenters. The molecule has 23 heavy (non-hydrogen) atoms. The van der Waals surface area contributed by atoms with E-state index in [0.717, 1.165) is 21.9 Å². The number of nitrogens with zero attached hydrogens (tertiary/aromatic N) is 2. The molecular weight excluding hydrogens is 314 g/mol. The number of amides is 3. The molecule has 6 heteroatoms. The van der Waals surface area contributed by atoms with E-state index in [0.29, 0.717) is 5.02 Å². The number of benzene rings is 1. The topological polar surface area (TPSA) is 54.3 Å². The minimum Gasteiger partial charge on any atom is -0.348 e. The van der Waals surface area contributed by atoms with Gasteiger partial charge < -0.3 is 9.88 Å². The van der Waals surface area contributed by atoms with Gasteiger partial charge in [-0.1, -0.05) is 29.8 Å². The molecule has 3 amide bonds. The molecule has 0 unspecified atom stereocenters. The maximum absolute atomic E-state index is 12.5. The summed E-state index contributed by atoms with van der Waals surface area (Å²) in [5, 5.41) is 3.15. The van der Waals surface area contributed by atoms with Gasteiger partial charge in [-0.2, -0.15) is 0 Å². The fourth-order valence-electron chi connectivity index (χ4n) is 2.44. The molecule has 2 aromatic rings. The molecular formula is C17H16ClN3O2. The summed E-state index contributed by atoms with van der Waals surface area (Å²) in [5.41, 5.74) is 2.92. The number of rotatable bonds is 3. The molecule has 1 fully saturated rings. The summed E-state index contributed by atoms with van der Waals surface area (Å²) in [4.78, 5) is 25.7. The van der Waals surface area contributed by atoms with E-state index in [-0.39, 0.29) is 18.1 Å². The molecule has 5 nitrogen and oxygen atoms in total. The van der Waals surface area contributed by atoms with Gasteiger partial charge >= 0.3 is 6.03 Å². The van der Waals surface area contributed by atoms with Crippen molar-refractivity contribution in [3.63, 3.8) is 0 Å². The zero-order chi connectivity index (χ0) is 16.6. The first-order chi connectivity index (χ1) is 11.0. The highest BCUT2D eigenvalue weighted by atomic mass is 35.5. The second kappa shape index (κ2) is 5.93. The third-order valence-corrected chi connectivity index (χ3v) is 4.32. The minimum atomic E-state index is -0.438. The normalized spacial score (nSPS) is 16.3. The summed E-state index contributed by atoms with van der Waals surface area (Å²) < 4.78 is 1.95. The Labute approximate surface area is 139 Å². The molecule has 0 saturated carbocycles. The molecule has 0 bridgehead atoms. The molecule has 1 N–H and O–H groups in total. The molecule has 1 aliphatic rings. The van der Waals surface area contributed by atoms with Gasteiger partial charge in [0.25, 0.3) is 5.91 Å². The maximum atomic E-state index is 12.5. The second-order valence-electron chi connectivity index (χ2n) is 5.43. The molecule has 0 spiro atoms. The van der Waals surface area contributed by atoms with Crippen LogP contribution in [0.15, 0.2) is 42.1 Å². The molecule has 118 valence electrons. The lowest BCUT2D eigenvalue weighted by atomic mass is 10.2. The van der Waals surface area contributed by atoms with Crippen LogP contribution in [-0.4, -0.2) is 21.4 Å². The summed E-state index contributed by atoms with van der Waals surface area (Å²) in [6, 6.07) is 10.6. The largest absolute Gasteiger partial charge is 0.348 e. The van der Waals surface area contributed by atoms with E-state index >= 15 is 0 Å². The Morgan fingerprint density at radius 2 is 1.91 bits per heavy atom. The van der Waals surface area contributed by atoms with Gasteiger partial charge in [-0.05, 0) is 36.8 Å². The number of halogens is 1. The van der Waals surface area contributed by atoms with E-state index in [9.17, 15) is 9.59 Å². The van der Waals surface area contributed by atoms with Gasteiger partial charge in [-0.3, -0.25) is 9.69 Å². The summed E-state index contributed by atoms with van der Waals surface area (Å²) in [7, 11) is 1.91. The van der Waals surface area contributed by atoms with Crippen molar-refractivity contribution in [2.75, 3.05) is 0 Å². The zero-order valence-corrected chi connectivity index (χ0v) is 13.6. The molecule has 2 heterocycles. The summed E-state index contributed by atoms with van der Waals surface area (Å²) in [6.07, 6.45) is 1.68. The van der Waals surface area contributed by atoms with Crippen LogP contribution in [-0.2, 0) is 18.4 Å². The van der Waals surface area contributed by atoms with Gasteiger partial charge in [0.15, 0.2) is 0 Å². The van der Waals surface area contributed by atoms with E-state index in [2.05, 4.69) is 5.32 Å². The van der Waals surface area contributed by atoms with E-state index in [1.54, 1.807) is 24.3 Å². The standard InChI is InChI=1S/C17H16ClN3O2/c1-11-7-8-13(20(11)2)9-15-16(22)21(17(23)19-15)10-12-5-3-4-6-14(12)18/h3-9H,10H2,1-2H3,(H,19,23)/b15-9-. The second-order valence-corrected chi connectivity index (χ2v) is 5.84. The van der Waals surface area contributed by atoms with Crippen molar-refractivity contribution in [3.05, 3.63) is 64.1 Å². The quantitative estimate of drug-likeness (QED) is 0.695. The van der Waals surface area contributed by atoms with Crippen molar-refractivity contribution in [2.24, 2.45) is 7.05 Å². The zero-order valence-electron chi connectivity index (χ0n) is 12.8. The van der Waals surface area contributed by atoms with Crippen LogP contribution in [0.25, 0.3) is 6.08 Å². The monoisotopic (exact) mass is 329 g/mol. The van der Waals surface area contributed by atoms with Crippen molar-refractivity contribution in [1.29, 1.82) is 0 Å². The van der Waals surface area contributed by atoms with E-state index in [4.69, 9.17) is 11.6 Å². The van der Waals surface area contributed by atoms with E-state index < -0.39 is 6.03 Å². The van der Waals surface area contributed by atoms with E-state index in [1.165, 1.54) is 0 Å². The van der Waals surface area contributed by atoms with Crippen LogP contribution in [0, 0.1) is 6.92 Å². The summed E-state index contributed by atoms with van der Waals surface area (Å²) in [5.74, 6) is -0.353. The van der Waals surface area contributed by atoms with Gasteiger partial charge in [0.05, 0.1) is 6.54 Å². The van der Waals surface area contributed by atoms with Crippen molar-refractivity contribution in [2.45, 2.75) is 13.5 Å².